The van der Waals surface area contributed by atoms with Crippen molar-refractivity contribution in [3.05, 3.63) is 41.8 Å². The first-order valence-electron chi connectivity index (χ1n) is 11.2. The third-order valence-electron chi connectivity index (χ3n) is 6.78. The first kappa shape index (κ1) is 22.6. The molecule has 1 saturated heterocycles. The Labute approximate surface area is 191 Å². The molecule has 2 fully saturated rings. The molecule has 2 heterocycles. The molecule has 1 aromatic carbocycles. The number of carboxylic acid groups (broad SMARTS) is 1. The molecule has 4 N–H and O–H groups in total. The summed E-state index contributed by atoms with van der Waals surface area (Å²) >= 11 is 0. The second kappa shape index (κ2) is 9.48. The summed E-state index contributed by atoms with van der Waals surface area (Å²) in [4.78, 5) is 25.5. The zero-order valence-electron chi connectivity index (χ0n) is 18.2. The fraction of sp³-hybridized carbons (Fsp3) is 0.478. The molecule has 2 amide bonds. The second-order valence-electron chi connectivity index (χ2n) is 8.74. The Morgan fingerprint density at radius 3 is 2.48 bits per heavy atom. The van der Waals surface area contributed by atoms with Crippen LogP contribution in [0, 0.1) is 29.0 Å². The Morgan fingerprint density at radius 1 is 1.18 bits per heavy atom. The minimum atomic E-state index is -1.01. The van der Waals surface area contributed by atoms with Crippen LogP contribution in [-0.2, 0) is 0 Å². The number of benzene rings is 1. The summed E-state index contributed by atoms with van der Waals surface area (Å²) in [6.07, 6.45) is 5.84. The smallest absolute Gasteiger partial charge is 0.407 e. The maximum atomic E-state index is 13.2. The average Bonchev–Trinajstić information content (AvgIpc) is 3.24. The third-order valence-corrected chi connectivity index (χ3v) is 6.78. The van der Waals surface area contributed by atoms with Gasteiger partial charge in [-0.05, 0) is 49.4 Å². The van der Waals surface area contributed by atoms with E-state index in [1.807, 2.05) is 0 Å². The maximum absolute atomic E-state index is 13.2. The Morgan fingerprint density at radius 2 is 1.88 bits per heavy atom. The van der Waals surface area contributed by atoms with Crippen LogP contribution >= 0.6 is 0 Å². The van der Waals surface area contributed by atoms with Crippen molar-refractivity contribution in [2.75, 3.05) is 11.9 Å². The summed E-state index contributed by atoms with van der Waals surface area (Å²) in [5, 5.41) is 27.4. The van der Waals surface area contributed by atoms with Gasteiger partial charge in [0.2, 0.25) is 0 Å². The molecular formula is C23H27FN6O3. The summed E-state index contributed by atoms with van der Waals surface area (Å²) in [5.41, 5.74) is 6.24. The summed E-state index contributed by atoms with van der Waals surface area (Å²) in [5.74, 6) is -1.37. The summed E-state index contributed by atoms with van der Waals surface area (Å²) < 4.78 is 14.8. The topological polar surface area (TPSA) is 137 Å². The first-order valence-corrected chi connectivity index (χ1v) is 11.2. The van der Waals surface area contributed by atoms with Gasteiger partial charge < -0.3 is 21.1 Å². The van der Waals surface area contributed by atoms with Gasteiger partial charge in [0.05, 0.1) is 24.1 Å². The zero-order valence-corrected chi connectivity index (χ0v) is 18.2. The van der Waals surface area contributed by atoms with Crippen LogP contribution in [0.4, 0.5) is 20.7 Å². The zero-order chi connectivity index (χ0) is 23.5. The lowest BCUT2D eigenvalue weighted by molar-refractivity contribution is 0.0291. The number of amides is 2. The largest absolute Gasteiger partial charge is 0.465 e. The van der Waals surface area contributed by atoms with Gasteiger partial charge in [-0.15, -0.1) is 0 Å². The molecule has 3 unspecified atom stereocenters. The van der Waals surface area contributed by atoms with E-state index in [1.165, 1.54) is 35.4 Å². The number of carbonyl (C=O) groups is 2. The second-order valence-corrected chi connectivity index (χ2v) is 8.74. The SMILES string of the molecule is N#CC1C(C2CCCCC2)N(C(=O)O)CCC1n1cc(C(N)=O)c(Nc2ccc(F)cc2)n1. The van der Waals surface area contributed by atoms with Gasteiger partial charge in [0.25, 0.3) is 5.91 Å². The number of primary amides is 1. The maximum Gasteiger partial charge on any atom is 0.407 e. The molecule has 0 bridgehead atoms. The molecule has 1 aliphatic heterocycles. The number of halogens is 1. The van der Waals surface area contributed by atoms with Crippen LogP contribution in [0.3, 0.4) is 0 Å². The van der Waals surface area contributed by atoms with Crippen molar-refractivity contribution in [2.24, 2.45) is 17.6 Å². The number of likely N-dealkylation sites (tertiary alicyclic amines) is 1. The van der Waals surface area contributed by atoms with E-state index in [9.17, 15) is 24.3 Å². The Balaban J connectivity index is 1.67. The molecule has 9 nitrogen and oxygen atoms in total. The summed E-state index contributed by atoms with van der Waals surface area (Å²) in [6.45, 7) is 0.284. The average molecular weight is 455 g/mol. The van der Waals surface area contributed by atoms with E-state index in [0.29, 0.717) is 12.1 Å². The van der Waals surface area contributed by atoms with Crippen molar-refractivity contribution in [1.82, 2.24) is 14.7 Å². The van der Waals surface area contributed by atoms with Gasteiger partial charge in [0.15, 0.2) is 5.82 Å². The van der Waals surface area contributed by atoms with Crippen molar-refractivity contribution in [1.29, 1.82) is 5.26 Å². The molecule has 3 atom stereocenters. The standard InChI is InChI=1S/C23H27FN6O3/c24-15-6-8-16(9-7-15)27-22-18(21(26)31)13-30(28-22)19-10-11-29(23(32)33)20(17(19)12-25)14-4-2-1-3-5-14/h6-9,13-14,17,19-20H,1-5,10-11H2,(H2,26,31)(H,27,28)(H,32,33). The van der Waals surface area contributed by atoms with Gasteiger partial charge in [-0.3, -0.25) is 9.48 Å². The van der Waals surface area contributed by atoms with Crippen molar-refractivity contribution < 1.29 is 19.1 Å². The van der Waals surface area contributed by atoms with Crippen LogP contribution in [0.25, 0.3) is 0 Å². The molecule has 2 aliphatic rings. The molecule has 33 heavy (non-hydrogen) atoms. The molecule has 4 rings (SSSR count). The van der Waals surface area contributed by atoms with Gasteiger partial charge in [-0.25, -0.2) is 9.18 Å². The number of hydrogen-bond acceptors (Lipinski definition) is 5. The quantitative estimate of drug-likeness (QED) is 0.627. The number of aromatic nitrogens is 2. The lowest BCUT2D eigenvalue weighted by atomic mass is 9.73. The number of carbonyl (C=O) groups excluding carboxylic acids is 1. The molecule has 10 heteroatoms. The number of nitrogens with one attached hydrogen (secondary N) is 1. The van der Waals surface area contributed by atoms with E-state index < -0.39 is 35.8 Å². The van der Waals surface area contributed by atoms with E-state index in [-0.39, 0.29) is 23.8 Å². The van der Waals surface area contributed by atoms with Crippen LogP contribution in [-0.4, -0.2) is 44.4 Å². The lowest BCUT2D eigenvalue weighted by Crippen LogP contribution is -2.55. The number of hydrogen-bond donors (Lipinski definition) is 3. The van der Waals surface area contributed by atoms with E-state index in [4.69, 9.17) is 5.73 Å². The highest BCUT2D eigenvalue weighted by atomic mass is 19.1. The minimum absolute atomic E-state index is 0.116. The number of anilines is 2. The Hall–Kier alpha value is -3.61. The van der Waals surface area contributed by atoms with Gasteiger partial charge in [0.1, 0.15) is 11.4 Å². The first-order chi connectivity index (χ1) is 15.9. The predicted molar refractivity (Wildman–Crippen MR) is 118 cm³/mol. The molecule has 1 saturated carbocycles. The highest BCUT2D eigenvalue weighted by molar-refractivity contribution is 5.98. The fourth-order valence-electron chi connectivity index (χ4n) is 5.23. The Kier molecular flexibility index (Phi) is 6.49. The molecule has 1 aliphatic carbocycles. The number of nitrogens with two attached hydrogens (primary N) is 1. The van der Waals surface area contributed by atoms with Gasteiger partial charge in [0, 0.05) is 18.4 Å². The van der Waals surface area contributed by atoms with Crippen LogP contribution < -0.4 is 11.1 Å². The predicted octanol–water partition coefficient (Wildman–Crippen LogP) is 3.88. The van der Waals surface area contributed by atoms with Crippen LogP contribution in [0.5, 0.6) is 0 Å². The van der Waals surface area contributed by atoms with E-state index in [1.54, 1.807) is 4.68 Å². The number of piperidine rings is 1. The highest BCUT2D eigenvalue weighted by Gasteiger charge is 2.46. The van der Waals surface area contributed by atoms with Gasteiger partial charge >= 0.3 is 6.09 Å². The van der Waals surface area contributed by atoms with Crippen molar-refractivity contribution in [3.8, 4) is 6.07 Å². The molecule has 0 spiro atoms. The number of nitrogens with zero attached hydrogens (tertiary/aromatic N) is 4. The highest BCUT2D eigenvalue weighted by Crippen LogP contribution is 2.41. The lowest BCUT2D eigenvalue weighted by Gasteiger charge is -2.46. The van der Waals surface area contributed by atoms with Crippen molar-refractivity contribution in [2.45, 2.75) is 50.6 Å². The third kappa shape index (κ3) is 4.62. The normalized spacial score (nSPS) is 23.6. The van der Waals surface area contributed by atoms with Crippen LogP contribution in [0.2, 0.25) is 0 Å². The Bertz CT molecular complexity index is 1060. The van der Waals surface area contributed by atoms with E-state index >= 15 is 0 Å². The summed E-state index contributed by atoms with van der Waals surface area (Å²) in [6, 6.07) is 7.12. The molecule has 2 aromatic rings. The molecule has 174 valence electrons. The van der Waals surface area contributed by atoms with Crippen molar-refractivity contribution >= 4 is 23.5 Å². The molecule has 1 aromatic heterocycles. The van der Waals surface area contributed by atoms with E-state index in [2.05, 4.69) is 16.5 Å². The van der Waals surface area contributed by atoms with Crippen molar-refractivity contribution in [3.63, 3.8) is 0 Å². The monoisotopic (exact) mass is 454 g/mol. The number of nitriles is 1. The van der Waals surface area contributed by atoms with Crippen LogP contribution in [0.1, 0.15) is 54.9 Å². The minimum Gasteiger partial charge on any atom is -0.465 e. The van der Waals surface area contributed by atoms with Gasteiger partial charge in [-0.2, -0.15) is 10.4 Å². The van der Waals surface area contributed by atoms with Gasteiger partial charge in [-0.1, -0.05) is 19.3 Å². The van der Waals surface area contributed by atoms with E-state index in [0.717, 1.165) is 32.1 Å². The van der Waals surface area contributed by atoms with Crippen LogP contribution in [0.15, 0.2) is 30.5 Å². The molecular weight excluding hydrogens is 427 g/mol. The summed E-state index contributed by atoms with van der Waals surface area (Å²) in [7, 11) is 0. The molecule has 0 radical (unpaired) electrons. The number of rotatable bonds is 5. The fourth-order valence-corrected chi connectivity index (χ4v) is 5.23.